The van der Waals surface area contributed by atoms with Gasteiger partial charge in [0, 0.05) is 21.0 Å². The molecule has 2 aromatic rings. The van der Waals surface area contributed by atoms with Gasteiger partial charge in [-0.05, 0) is 84.0 Å². The molecule has 4 nitrogen and oxygen atoms in total. The Morgan fingerprint density at radius 2 is 1.90 bits per heavy atom. The maximum absolute atomic E-state index is 12.4. The molecule has 1 aliphatic rings. The molecule has 0 saturated carbocycles. The summed E-state index contributed by atoms with van der Waals surface area (Å²) in [5.41, 5.74) is 2.64. The van der Waals surface area contributed by atoms with Crippen LogP contribution in [0.5, 0.6) is 0 Å². The van der Waals surface area contributed by atoms with Crippen LogP contribution in [0.3, 0.4) is 0 Å². The molecule has 0 fully saturated rings. The molecule has 0 saturated heterocycles. The second-order valence-electron chi connectivity index (χ2n) is 5.18. The van der Waals surface area contributed by atoms with Crippen molar-refractivity contribution in [1.29, 1.82) is 0 Å². The van der Waals surface area contributed by atoms with E-state index in [4.69, 9.17) is 0 Å². The summed E-state index contributed by atoms with van der Waals surface area (Å²) in [5.74, 6) is 0. The first-order valence-electron chi connectivity index (χ1n) is 6.62. The van der Waals surface area contributed by atoms with Gasteiger partial charge in [0.15, 0.2) is 0 Å². The van der Waals surface area contributed by atoms with E-state index in [1.807, 2.05) is 18.2 Å². The summed E-state index contributed by atoms with van der Waals surface area (Å²) < 4.78 is 28.5. The lowest BCUT2D eigenvalue weighted by atomic mass is 10.1. The van der Waals surface area contributed by atoms with Crippen LogP contribution in [0.25, 0.3) is 0 Å². The van der Waals surface area contributed by atoms with E-state index in [-0.39, 0.29) is 0 Å². The second-order valence-corrected chi connectivity index (χ2v) is 8.11. The molecule has 0 amide bonds. The van der Waals surface area contributed by atoms with E-state index in [9.17, 15) is 8.42 Å². The minimum absolute atomic E-state index is 0.302. The third-order valence-corrected chi connectivity index (χ3v) is 5.51. The largest absolute Gasteiger partial charge is 0.382 e. The van der Waals surface area contributed by atoms with Gasteiger partial charge in [-0.15, -0.1) is 0 Å². The normalized spacial score (nSPS) is 17.1. The number of fused-ring (bicyclic) bond motifs is 1. The van der Waals surface area contributed by atoms with Crippen molar-refractivity contribution >= 4 is 44.0 Å². The van der Waals surface area contributed by atoms with E-state index >= 15 is 0 Å². The molecule has 0 aliphatic carbocycles. The molecular formula is C15H15IN2O2S. The number of benzene rings is 2. The predicted molar refractivity (Wildman–Crippen MR) is 93.2 cm³/mol. The van der Waals surface area contributed by atoms with Crippen LogP contribution in [-0.2, 0) is 16.4 Å². The van der Waals surface area contributed by atoms with Crippen molar-refractivity contribution in [3.8, 4) is 0 Å². The fraction of sp³-hybridized carbons (Fsp3) is 0.200. The first kappa shape index (κ1) is 14.6. The van der Waals surface area contributed by atoms with Crippen molar-refractivity contribution in [2.75, 3.05) is 10.0 Å². The highest BCUT2D eigenvalue weighted by Crippen LogP contribution is 2.28. The van der Waals surface area contributed by atoms with Crippen molar-refractivity contribution in [2.45, 2.75) is 24.3 Å². The third-order valence-electron chi connectivity index (χ3n) is 3.41. The van der Waals surface area contributed by atoms with Gasteiger partial charge in [0.2, 0.25) is 0 Å². The maximum Gasteiger partial charge on any atom is 0.261 e. The van der Waals surface area contributed by atoms with E-state index in [0.29, 0.717) is 16.6 Å². The van der Waals surface area contributed by atoms with Crippen LogP contribution in [0, 0.1) is 3.57 Å². The highest BCUT2D eigenvalue weighted by atomic mass is 127. The van der Waals surface area contributed by atoms with E-state index in [1.165, 1.54) is 0 Å². The maximum atomic E-state index is 12.4. The Morgan fingerprint density at radius 3 is 2.62 bits per heavy atom. The number of rotatable bonds is 3. The molecule has 6 heteroatoms. The molecule has 1 heterocycles. The van der Waals surface area contributed by atoms with Crippen LogP contribution >= 0.6 is 22.6 Å². The van der Waals surface area contributed by atoms with Crippen LogP contribution in [0.15, 0.2) is 47.4 Å². The topological polar surface area (TPSA) is 58.2 Å². The van der Waals surface area contributed by atoms with Crippen LogP contribution in [0.1, 0.15) is 12.5 Å². The quantitative estimate of drug-likeness (QED) is 0.757. The summed E-state index contributed by atoms with van der Waals surface area (Å²) in [6.45, 7) is 2.08. The standard InChI is InChI=1S/C15H15IN2O2S/c1-10-8-11-9-14(6-7-15(11)17-10)21(19,20)18-13-4-2-12(16)3-5-13/h2-7,9-10,17-18H,8H2,1H3/t10-/m0/s1. The Kier molecular flexibility index (Phi) is 3.83. The monoisotopic (exact) mass is 414 g/mol. The molecule has 2 N–H and O–H groups in total. The van der Waals surface area contributed by atoms with E-state index in [2.05, 4.69) is 39.6 Å². The molecule has 0 bridgehead atoms. The molecular weight excluding hydrogens is 399 g/mol. The summed E-state index contributed by atoms with van der Waals surface area (Å²) in [4.78, 5) is 0.302. The molecule has 110 valence electrons. The van der Waals surface area contributed by atoms with Gasteiger partial charge in [-0.3, -0.25) is 4.72 Å². The SMILES string of the molecule is C[C@H]1Cc2cc(S(=O)(=O)Nc3ccc(I)cc3)ccc2N1. The predicted octanol–water partition coefficient (Wildman–Crippen LogP) is 3.45. The van der Waals surface area contributed by atoms with E-state index in [1.54, 1.807) is 24.3 Å². The lowest BCUT2D eigenvalue weighted by Gasteiger charge is -2.09. The zero-order valence-electron chi connectivity index (χ0n) is 11.4. The third kappa shape index (κ3) is 3.16. The number of nitrogens with one attached hydrogen (secondary N) is 2. The Hall–Kier alpha value is -1.28. The van der Waals surface area contributed by atoms with Crippen molar-refractivity contribution in [2.24, 2.45) is 0 Å². The first-order chi connectivity index (χ1) is 9.94. The number of hydrogen-bond acceptors (Lipinski definition) is 3. The van der Waals surface area contributed by atoms with Gasteiger partial charge in [-0.2, -0.15) is 0 Å². The Bertz CT molecular complexity index is 773. The van der Waals surface area contributed by atoms with Crippen LogP contribution in [0.2, 0.25) is 0 Å². The van der Waals surface area contributed by atoms with E-state index < -0.39 is 10.0 Å². The van der Waals surface area contributed by atoms with Gasteiger partial charge >= 0.3 is 0 Å². The summed E-state index contributed by atoms with van der Waals surface area (Å²) >= 11 is 2.18. The van der Waals surface area contributed by atoms with Crippen molar-refractivity contribution < 1.29 is 8.42 Å². The molecule has 2 aromatic carbocycles. The fourth-order valence-electron chi connectivity index (χ4n) is 2.43. The average Bonchev–Trinajstić information content (AvgIpc) is 2.80. The van der Waals surface area contributed by atoms with Gasteiger partial charge in [0.05, 0.1) is 4.90 Å². The summed E-state index contributed by atoms with van der Waals surface area (Å²) in [5, 5.41) is 3.32. The Balaban J connectivity index is 1.89. The zero-order valence-corrected chi connectivity index (χ0v) is 14.4. The van der Waals surface area contributed by atoms with E-state index in [0.717, 1.165) is 21.2 Å². The number of sulfonamides is 1. The zero-order chi connectivity index (χ0) is 15.0. The molecule has 0 radical (unpaired) electrons. The average molecular weight is 414 g/mol. The molecule has 0 unspecified atom stereocenters. The lowest BCUT2D eigenvalue weighted by molar-refractivity contribution is 0.601. The number of hydrogen-bond donors (Lipinski definition) is 2. The summed E-state index contributed by atoms with van der Waals surface area (Å²) in [6, 6.07) is 12.8. The van der Waals surface area contributed by atoms with Crippen LogP contribution in [-0.4, -0.2) is 14.5 Å². The van der Waals surface area contributed by atoms with Crippen molar-refractivity contribution in [3.05, 3.63) is 51.6 Å². The van der Waals surface area contributed by atoms with Gasteiger partial charge < -0.3 is 5.32 Å². The molecule has 0 aromatic heterocycles. The lowest BCUT2D eigenvalue weighted by Crippen LogP contribution is -2.13. The molecule has 21 heavy (non-hydrogen) atoms. The fourth-order valence-corrected chi connectivity index (χ4v) is 3.89. The first-order valence-corrected chi connectivity index (χ1v) is 9.18. The number of halogens is 1. The number of anilines is 2. The van der Waals surface area contributed by atoms with Gasteiger partial charge in [-0.1, -0.05) is 0 Å². The minimum Gasteiger partial charge on any atom is -0.382 e. The van der Waals surface area contributed by atoms with Crippen molar-refractivity contribution in [3.63, 3.8) is 0 Å². The molecule has 3 rings (SSSR count). The Morgan fingerprint density at radius 1 is 1.19 bits per heavy atom. The highest BCUT2D eigenvalue weighted by Gasteiger charge is 2.21. The van der Waals surface area contributed by atoms with Gasteiger partial charge in [0.1, 0.15) is 0 Å². The molecule has 1 atom stereocenters. The minimum atomic E-state index is -3.55. The summed E-state index contributed by atoms with van der Waals surface area (Å²) in [6.07, 6.45) is 0.849. The smallest absolute Gasteiger partial charge is 0.261 e. The van der Waals surface area contributed by atoms with Crippen LogP contribution < -0.4 is 10.0 Å². The van der Waals surface area contributed by atoms with Crippen LogP contribution in [0.4, 0.5) is 11.4 Å². The summed E-state index contributed by atoms with van der Waals surface area (Å²) in [7, 11) is -3.55. The van der Waals surface area contributed by atoms with Gasteiger partial charge in [0.25, 0.3) is 10.0 Å². The molecule has 1 aliphatic heterocycles. The van der Waals surface area contributed by atoms with Gasteiger partial charge in [-0.25, -0.2) is 8.42 Å². The highest BCUT2D eigenvalue weighted by molar-refractivity contribution is 14.1. The molecule has 0 spiro atoms. The van der Waals surface area contributed by atoms with Crippen molar-refractivity contribution in [1.82, 2.24) is 0 Å². The second kappa shape index (κ2) is 5.49. The Labute approximate surface area is 138 Å².